The van der Waals surface area contributed by atoms with E-state index in [1.54, 1.807) is 0 Å². The summed E-state index contributed by atoms with van der Waals surface area (Å²) in [7, 11) is 0. The normalized spacial score (nSPS) is 13.4. The number of rotatable bonds is 5. The quantitative estimate of drug-likeness (QED) is 0.801. The monoisotopic (exact) mass is 262 g/mol. The van der Waals surface area contributed by atoms with Crippen LogP contribution in [-0.4, -0.2) is 19.3 Å². The number of benzene rings is 1. The lowest BCUT2D eigenvalue weighted by molar-refractivity contribution is -0.137. The Balaban J connectivity index is 2.69. The maximum Gasteiger partial charge on any atom is 0.416 e. The van der Waals surface area contributed by atoms with Crippen LogP contribution in [0.5, 0.6) is 0 Å². The van der Waals surface area contributed by atoms with Gasteiger partial charge in [0.05, 0.1) is 23.0 Å². The predicted octanol–water partition coefficient (Wildman–Crippen LogP) is 3.12. The maximum absolute atomic E-state index is 12.4. The van der Waals surface area contributed by atoms with Crippen LogP contribution in [0, 0.1) is 0 Å². The fourth-order valence-electron chi connectivity index (χ4n) is 1.50. The molecule has 0 heterocycles. The van der Waals surface area contributed by atoms with Gasteiger partial charge in [0, 0.05) is 13.2 Å². The molecule has 0 fully saturated rings. The Morgan fingerprint density at radius 3 is 2.56 bits per heavy atom. The van der Waals surface area contributed by atoms with E-state index in [-0.39, 0.29) is 11.8 Å². The van der Waals surface area contributed by atoms with Crippen LogP contribution >= 0.6 is 0 Å². The third-order valence-corrected chi connectivity index (χ3v) is 2.41. The average molecular weight is 262 g/mol. The maximum atomic E-state index is 12.4. The van der Waals surface area contributed by atoms with Crippen LogP contribution in [0.15, 0.2) is 18.2 Å². The molecule has 0 bridgehead atoms. The van der Waals surface area contributed by atoms with E-state index in [9.17, 15) is 13.2 Å². The van der Waals surface area contributed by atoms with Crippen molar-refractivity contribution in [2.75, 3.05) is 24.2 Å². The Morgan fingerprint density at radius 1 is 1.39 bits per heavy atom. The zero-order valence-electron chi connectivity index (χ0n) is 10.3. The number of anilines is 2. The summed E-state index contributed by atoms with van der Waals surface area (Å²) in [6.45, 7) is 4.83. The van der Waals surface area contributed by atoms with Crippen molar-refractivity contribution in [2.24, 2.45) is 0 Å². The molecular formula is C12H17F3N2O. The lowest BCUT2D eigenvalue weighted by atomic mass is 10.1. The summed E-state index contributed by atoms with van der Waals surface area (Å²) < 4.78 is 42.6. The summed E-state index contributed by atoms with van der Waals surface area (Å²) in [5.41, 5.74) is 5.39. The van der Waals surface area contributed by atoms with Gasteiger partial charge in [-0.2, -0.15) is 13.2 Å². The Labute approximate surface area is 104 Å². The van der Waals surface area contributed by atoms with E-state index < -0.39 is 11.7 Å². The number of nitrogens with two attached hydrogens (primary N) is 1. The Bertz CT molecular complexity index is 393. The molecule has 0 aromatic heterocycles. The Morgan fingerprint density at radius 2 is 2.06 bits per heavy atom. The van der Waals surface area contributed by atoms with E-state index in [1.165, 1.54) is 6.07 Å². The van der Waals surface area contributed by atoms with E-state index in [1.807, 2.05) is 13.8 Å². The second-order valence-corrected chi connectivity index (χ2v) is 3.95. The van der Waals surface area contributed by atoms with E-state index in [0.29, 0.717) is 18.8 Å². The first kappa shape index (κ1) is 14.6. The van der Waals surface area contributed by atoms with Gasteiger partial charge in [-0.15, -0.1) is 0 Å². The highest BCUT2D eigenvalue weighted by molar-refractivity contribution is 5.67. The molecule has 0 amide bonds. The van der Waals surface area contributed by atoms with Gasteiger partial charge >= 0.3 is 6.18 Å². The molecule has 1 aromatic carbocycles. The molecule has 102 valence electrons. The standard InChI is InChI=1S/C12H17F3N2O/c1-3-18-8(2)7-17-11-5-4-9(6-10(11)16)12(13,14)15/h4-6,8,17H,3,7,16H2,1-2H3. The number of nitrogen functional groups attached to an aromatic ring is 1. The molecule has 0 aliphatic carbocycles. The van der Waals surface area contributed by atoms with Gasteiger partial charge in [-0.3, -0.25) is 0 Å². The fourth-order valence-corrected chi connectivity index (χ4v) is 1.50. The molecule has 0 aliphatic heterocycles. The summed E-state index contributed by atoms with van der Waals surface area (Å²) in [4.78, 5) is 0. The predicted molar refractivity (Wildman–Crippen MR) is 65.4 cm³/mol. The summed E-state index contributed by atoms with van der Waals surface area (Å²) in [6.07, 6.45) is -4.40. The van der Waals surface area contributed by atoms with Gasteiger partial charge in [0.25, 0.3) is 0 Å². The topological polar surface area (TPSA) is 47.3 Å². The van der Waals surface area contributed by atoms with Crippen LogP contribution in [0.3, 0.4) is 0 Å². The van der Waals surface area contributed by atoms with Crippen LogP contribution < -0.4 is 11.1 Å². The lowest BCUT2D eigenvalue weighted by Gasteiger charge is -2.16. The summed E-state index contributed by atoms with van der Waals surface area (Å²) >= 11 is 0. The largest absolute Gasteiger partial charge is 0.416 e. The molecule has 1 unspecified atom stereocenters. The molecule has 18 heavy (non-hydrogen) atoms. The SMILES string of the molecule is CCOC(C)CNc1ccc(C(F)(F)F)cc1N. The van der Waals surface area contributed by atoms with Gasteiger partial charge in [0.15, 0.2) is 0 Å². The van der Waals surface area contributed by atoms with Crippen LogP contribution in [0.2, 0.25) is 0 Å². The second kappa shape index (κ2) is 5.95. The van der Waals surface area contributed by atoms with Crippen LogP contribution in [0.4, 0.5) is 24.5 Å². The molecule has 3 nitrogen and oxygen atoms in total. The van der Waals surface area contributed by atoms with Gasteiger partial charge in [0.1, 0.15) is 0 Å². The first-order chi connectivity index (χ1) is 8.34. The molecule has 0 saturated heterocycles. The molecule has 6 heteroatoms. The second-order valence-electron chi connectivity index (χ2n) is 3.95. The zero-order chi connectivity index (χ0) is 13.8. The Hall–Kier alpha value is -1.43. The molecule has 1 atom stereocenters. The van der Waals surface area contributed by atoms with E-state index >= 15 is 0 Å². The molecule has 0 spiro atoms. The van der Waals surface area contributed by atoms with Crippen LogP contribution in [0.1, 0.15) is 19.4 Å². The fraction of sp³-hybridized carbons (Fsp3) is 0.500. The van der Waals surface area contributed by atoms with E-state index in [4.69, 9.17) is 10.5 Å². The van der Waals surface area contributed by atoms with Crippen molar-refractivity contribution in [3.8, 4) is 0 Å². The minimum Gasteiger partial charge on any atom is -0.397 e. The minimum absolute atomic E-state index is 0.0308. The first-order valence-electron chi connectivity index (χ1n) is 5.66. The molecule has 3 N–H and O–H groups in total. The average Bonchev–Trinajstić information content (AvgIpc) is 2.26. The van der Waals surface area contributed by atoms with Crippen molar-refractivity contribution >= 4 is 11.4 Å². The summed E-state index contributed by atoms with van der Waals surface area (Å²) in [5, 5.41) is 2.96. The molecular weight excluding hydrogens is 245 g/mol. The number of hydrogen-bond acceptors (Lipinski definition) is 3. The van der Waals surface area contributed by atoms with Gasteiger partial charge in [-0.1, -0.05) is 0 Å². The van der Waals surface area contributed by atoms with Gasteiger partial charge < -0.3 is 15.8 Å². The van der Waals surface area contributed by atoms with Gasteiger partial charge in [0.2, 0.25) is 0 Å². The van der Waals surface area contributed by atoms with Crippen molar-refractivity contribution in [3.05, 3.63) is 23.8 Å². The summed E-state index contributed by atoms with van der Waals surface area (Å²) in [5.74, 6) is 0. The molecule has 0 saturated carbocycles. The Kier molecular flexibility index (Phi) is 4.84. The van der Waals surface area contributed by atoms with Crippen molar-refractivity contribution in [2.45, 2.75) is 26.1 Å². The van der Waals surface area contributed by atoms with E-state index in [0.717, 1.165) is 12.1 Å². The third-order valence-electron chi connectivity index (χ3n) is 2.41. The number of ether oxygens (including phenoxy) is 1. The van der Waals surface area contributed by atoms with Gasteiger partial charge in [-0.05, 0) is 32.0 Å². The zero-order valence-corrected chi connectivity index (χ0v) is 10.3. The number of nitrogens with one attached hydrogen (secondary N) is 1. The summed E-state index contributed by atoms with van der Waals surface area (Å²) in [6, 6.07) is 3.26. The lowest BCUT2D eigenvalue weighted by Crippen LogP contribution is -2.20. The smallest absolute Gasteiger partial charge is 0.397 e. The highest BCUT2D eigenvalue weighted by Crippen LogP contribution is 2.32. The number of halogens is 3. The molecule has 1 aromatic rings. The number of alkyl halides is 3. The minimum atomic E-state index is -4.37. The van der Waals surface area contributed by atoms with Crippen LogP contribution in [0.25, 0.3) is 0 Å². The van der Waals surface area contributed by atoms with E-state index in [2.05, 4.69) is 5.32 Å². The van der Waals surface area contributed by atoms with Crippen molar-refractivity contribution in [1.29, 1.82) is 0 Å². The van der Waals surface area contributed by atoms with Crippen molar-refractivity contribution in [1.82, 2.24) is 0 Å². The molecule has 0 aliphatic rings. The highest BCUT2D eigenvalue weighted by atomic mass is 19.4. The van der Waals surface area contributed by atoms with Crippen LogP contribution in [-0.2, 0) is 10.9 Å². The van der Waals surface area contributed by atoms with Crippen molar-refractivity contribution < 1.29 is 17.9 Å². The third kappa shape index (κ3) is 4.10. The molecule has 0 radical (unpaired) electrons. The first-order valence-corrected chi connectivity index (χ1v) is 5.66. The highest BCUT2D eigenvalue weighted by Gasteiger charge is 2.30. The van der Waals surface area contributed by atoms with Gasteiger partial charge in [-0.25, -0.2) is 0 Å². The molecule has 1 rings (SSSR count). The number of hydrogen-bond donors (Lipinski definition) is 2. The van der Waals surface area contributed by atoms with Crippen molar-refractivity contribution in [3.63, 3.8) is 0 Å².